The van der Waals surface area contributed by atoms with Crippen LogP contribution in [-0.4, -0.2) is 45.1 Å². The van der Waals surface area contributed by atoms with Crippen molar-refractivity contribution >= 4 is 29.5 Å². The zero-order valence-electron chi connectivity index (χ0n) is 25.5. The van der Waals surface area contributed by atoms with E-state index < -0.39 is 41.7 Å². The Hall–Kier alpha value is -5.11. The zero-order valence-corrected chi connectivity index (χ0v) is 26.3. The molecule has 6 rings (SSSR count). The third kappa shape index (κ3) is 6.64. The van der Waals surface area contributed by atoms with Crippen molar-refractivity contribution in [3.63, 3.8) is 0 Å². The summed E-state index contributed by atoms with van der Waals surface area (Å²) in [5, 5.41) is 6.52. The van der Waals surface area contributed by atoms with Crippen molar-refractivity contribution in [2.45, 2.75) is 35.8 Å². The van der Waals surface area contributed by atoms with E-state index in [9.17, 15) is 35.9 Å². The Kier molecular flexibility index (Phi) is 9.01. The number of hydrogen-bond acceptors (Lipinski definition) is 6. The fraction of sp³-hybridized carbons (Fsp3) is 0.200. The van der Waals surface area contributed by atoms with Crippen LogP contribution in [0, 0.1) is 0 Å². The number of alkyl halides is 6. The lowest BCUT2D eigenvalue weighted by atomic mass is 9.73. The minimum Gasteiger partial charge on any atom is -0.368 e. The van der Waals surface area contributed by atoms with Gasteiger partial charge in [-0.05, 0) is 64.4 Å². The lowest BCUT2D eigenvalue weighted by Crippen LogP contribution is -2.47. The molecule has 0 unspecified atom stereocenters. The first-order valence-corrected chi connectivity index (χ1v) is 16.0. The van der Waals surface area contributed by atoms with Gasteiger partial charge in [0.2, 0.25) is 17.0 Å². The van der Waals surface area contributed by atoms with Crippen molar-refractivity contribution in [1.82, 2.24) is 20.1 Å². The molecule has 49 heavy (non-hydrogen) atoms. The van der Waals surface area contributed by atoms with Crippen LogP contribution in [0.2, 0.25) is 0 Å². The van der Waals surface area contributed by atoms with Crippen molar-refractivity contribution in [2.24, 2.45) is 0 Å². The van der Waals surface area contributed by atoms with Gasteiger partial charge in [-0.2, -0.15) is 36.0 Å². The van der Waals surface area contributed by atoms with Crippen LogP contribution in [0.1, 0.15) is 39.9 Å². The van der Waals surface area contributed by atoms with Crippen molar-refractivity contribution in [3.05, 3.63) is 119 Å². The van der Waals surface area contributed by atoms with Crippen LogP contribution in [-0.2, 0) is 16.4 Å². The first-order chi connectivity index (χ1) is 23.3. The predicted molar refractivity (Wildman–Crippen MR) is 173 cm³/mol. The maximum absolute atomic E-state index is 13.7. The molecule has 0 fully saturated rings. The van der Waals surface area contributed by atoms with Crippen LogP contribution in [0.5, 0.6) is 0 Å². The summed E-state index contributed by atoms with van der Waals surface area (Å²) in [6.07, 6.45) is -8.58. The Labute approximate surface area is 280 Å². The van der Waals surface area contributed by atoms with Crippen molar-refractivity contribution < 1.29 is 35.9 Å². The largest absolute Gasteiger partial charge is 0.416 e. The number of nitrogens with two attached hydrogens (primary N) is 1. The molecule has 14 heteroatoms. The molecule has 1 heterocycles. The van der Waals surface area contributed by atoms with Crippen molar-refractivity contribution in [2.75, 3.05) is 18.0 Å². The molecular formula is C35H27F6N5O2S. The average Bonchev–Trinajstić information content (AvgIpc) is 3.60. The standard InChI is InChI=1S/C35H27F6N5O2S/c36-34(37,38)20-43-30(48)33(27-12-5-3-9-24(27)25-10-4-6-13-28(25)33)18-7-19-49-32-44-31(42)46(45-32)29(47)26-11-2-1-8-23(26)21-14-16-22(17-15-21)35(39,40)41/h1-6,8-17H,7,18-20H2,(H,43,48)(H2,42,44,45). The predicted octanol–water partition coefficient (Wildman–Crippen LogP) is 7.75. The van der Waals surface area contributed by atoms with Gasteiger partial charge in [0.05, 0.1) is 5.56 Å². The molecule has 1 aromatic heterocycles. The van der Waals surface area contributed by atoms with Gasteiger partial charge in [0.25, 0.3) is 5.91 Å². The number of carbonyl (C=O) groups excluding carboxylic acids is 2. The van der Waals surface area contributed by atoms with E-state index in [4.69, 9.17) is 5.73 Å². The van der Waals surface area contributed by atoms with Crippen molar-refractivity contribution in [1.29, 1.82) is 0 Å². The molecule has 1 aliphatic carbocycles. The molecule has 1 amide bonds. The van der Waals surface area contributed by atoms with Gasteiger partial charge in [-0.15, -0.1) is 5.10 Å². The molecule has 252 valence electrons. The fourth-order valence-electron chi connectivity index (χ4n) is 6.17. The Morgan fingerprint density at radius 2 is 1.37 bits per heavy atom. The fourth-order valence-corrected chi connectivity index (χ4v) is 6.94. The molecule has 5 aromatic rings. The maximum Gasteiger partial charge on any atom is 0.416 e. The van der Waals surface area contributed by atoms with Crippen LogP contribution >= 0.6 is 11.8 Å². The van der Waals surface area contributed by atoms with E-state index in [2.05, 4.69) is 15.4 Å². The number of anilines is 1. The second kappa shape index (κ2) is 13.1. The van der Waals surface area contributed by atoms with Crippen LogP contribution < -0.4 is 11.1 Å². The van der Waals surface area contributed by atoms with Crippen LogP contribution in [0.25, 0.3) is 22.3 Å². The molecule has 0 atom stereocenters. The Balaban J connectivity index is 1.20. The Morgan fingerprint density at radius 3 is 1.96 bits per heavy atom. The second-order valence-corrected chi connectivity index (χ2v) is 12.4. The van der Waals surface area contributed by atoms with E-state index in [1.807, 2.05) is 24.3 Å². The van der Waals surface area contributed by atoms with Gasteiger partial charge in [-0.1, -0.05) is 90.6 Å². The number of nitrogen functional groups attached to an aromatic ring is 1. The number of aromatic nitrogens is 3. The summed E-state index contributed by atoms with van der Waals surface area (Å²) in [7, 11) is 0. The molecule has 0 bridgehead atoms. The quantitative estimate of drug-likeness (QED) is 0.0929. The van der Waals surface area contributed by atoms with Gasteiger partial charge in [0.1, 0.15) is 12.0 Å². The normalized spacial score (nSPS) is 13.5. The third-order valence-electron chi connectivity index (χ3n) is 8.31. The molecule has 0 spiro atoms. The van der Waals surface area contributed by atoms with Crippen LogP contribution in [0.3, 0.4) is 0 Å². The molecule has 7 nitrogen and oxygen atoms in total. The summed E-state index contributed by atoms with van der Waals surface area (Å²) in [5.74, 6) is -1.28. The second-order valence-electron chi connectivity index (χ2n) is 11.3. The first kappa shape index (κ1) is 33.8. The van der Waals surface area contributed by atoms with Gasteiger partial charge in [0, 0.05) is 11.3 Å². The highest BCUT2D eigenvalue weighted by Gasteiger charge is 2.49. The number of nitrogens with zero attached hydrogens (tertiary/aromatic N) is 3. The molecule has 3 N–H and O–H groups in total. The van der Waals surface area contributed by atoms with Crippen LogP contribution in [0.4, 0.5) is 32.3 Å². The van der Waals surface area contributed by atoms with E-state index in [0.29, 0.717) is 34.4 Å². The van der Waals surface area contributed by atoms with Crippen molar-refractivity contribution in [3.8, 4) is 22.3 Å². The Morgan fingerprint density at radius 1 is 0.796 bits per heavy atom. The summed E-state index contributed by atoms with van der Waals surface area (Å²) in [5.41, 5.74) is 7.54. The molecule has 0 radical (unpaired) electrons. The third-order valence-corrected chi connectivity index (χ3v) is 9.24. The highest BCUT2D eigenvalue weighted by Crippen LogP contribution is 2.51. The van der Waals surface area contributed by atoms with Gasteiger partial charge in [-0.3, -0.25) is 9.59 Å². The smallest absolute Gasteiger partial charge is 0.368 e. The first-order valence-electron chi connectivity index (χ1n) is 15.0. The zero-order chi connectivity index (χ0) is 35.0. The van der Waals surface area contributed by atoms with Gasteiger partial charge < -0.3 is 11.1 Å². The van der Waals surface area contributed by atoms with Gasteiger partial charge >= 0.3 is 12.4 Å². The van der Waals surface area contributed by atoms with E-state index in [-0.39, 0.29) is 23.1 Å². The number of amides is 1. The molecule has 0 saturated heterocycles. The summed E-state index contributed by atoms with van der Waals surface area (Å²) in [4.78, 5) is 31.4. The Bertz CT molecular complexity index is 1980. The minimum atomic E-state index is -4.59. The summed E-state index contributed by atoms with van der Waals surface area (Å²) < 4.78 is 79.7. The lowest BCUT2D eigenvalue weighted by molar-refractivity contribution is -0.141. The number of halogens is 6. The lowest BCUT2D eigenvalue weighted by Gasteiger charge is -2.31. The summed E-state index contributed by atoms with van der Waals surface area (Å²) in [6, 6.07) is 25.1. The van der Waals surface area contributed by atoms with E-state index in [0.717, 1.165) is 39.7 Å². The molecule has 4 aromatic carbocycles. The summed E-state index contributed by atoms with van der Waals surface area (Å²) >= 11 is 1.15. The van der Waals surface area contributed by atoms with E-state index >= 15 is 0 Å². The molecule has 0 saturated carbocycles. The molecule has 1 aliphatic rings. The van der Waals surface area contributed by atoms with Gasteiger partial charge in [-0.25, -0.2) is 0 Å². The maximum atomic E-state index is 13.7. The van der Waals surface area contributed by atoms with E-state index in [1.54, 1.807) is 42.5 Å². The number of benzene rings is 4. The van der Waals surface area contributed by atoms with E-state index in [1.165, 1.54) is 18.2 Å². The van der Waals surface area contributed by atoms with Gasteiger partial charge in [0.15, 0.2) is 0 Å². The summed E-state index contributed by atoms with van der Waals surface area (Å²) in [6.45, 7) is -1.47. The number of nitrogens with one attached hydrogen (secondary N) is 1. The monoisotopic (exact) mass is 695 g/mol. The topological polar surface area (TPSA) is 103 Å². The number of thioether (sulfide) groups is 1. The highest BCUT2D eigenvalue weighted by molar-refractivity contribution is 7.99. The molecule has 0 aliphatic heterocycles. The minimum absolute atomic E-state index is 0.140. The number of hydrogen-bond donors (Lipinski definition) is 2. The highest BCUT2D eigenvalue weighted by atomic mass is 32.2. The number of fused-ring (bicyclic) bond motifs is 3. The molecular weight excluding hydrogens is 668 g/mol. The number of rotatable bonds is 9. The SMILES string of the molecule is Nc1nc(SCCCC2(C(=O)NCC(F)(F)F)c3ccccc3-c3ccccc32)nn1C(=O)c1ccccc1-c1ccc(C(F)(F)F)cc1. The number of carbonyl (C=O) groups is 2. The average molecular weight is 696 g/mol. The van der Waals surface area contributed by atoms with Crippen LogP contribution in [0.15, 0.2) is 102 Å².